The van der Waals surface area contributed by atoms with E-state index < -0.39 is 6.09 Å². The van der Waals surface area contributed by atoms with E-state index in [-0.39, 0.29) is 6.04 Å². The SMILES string of the molecule is CC(C)NC[C@@H]1CN(Cc2ccccc2)CCN1C(=O)O. The summed E-state index contributed by atoms with van der Waals surface area (Å²) in [5, 5.41) is 12.7. The lowest BCUT2D eigenvalue weighted by Crippen LogP contribution is -2.58. The average molecular weight is 291 g/mol. The second-order valence-corrected chi connectivity index (χ2v) is 5.91. The molecule has 1 aliphatic rings. The Bertz CT molecular complexity index is 450. The van der Waals surface area contributed by atoms with E-state index in [1.165, 1.54) is 5.56 Å². The normalized spacial score (nSPS) is 20.0. The van der Waals surface area contributed by atoms with Gasteiger partial charge in [-0.3, -0.25) is 4.90 Å². The fourth-order valence-corrected chi connectivity index (χ4v) is 2.70. The Morgan fingerprint density at radius 1 is 1.33 bits per heavy atom. The number of hydrogen-bond acceptors (Lipinski definition) is 3. The Morgan fingerprint density at radius 2 is 2.05 bits per heavy atom. The van der Waals surface area contributed by atoms with Crippen LogP contribution in [-0.2, 0) is 6.54 Å². The smallest absolute Gasteiger partial charge is 0.407 e. The summed E-state index contributed by atoms with van der Waals surface area (Å²) in [6, 6.07) is 10.7. The maximum Gasteiger partial charge on any atom is 0.407 e. The summed E-state index contributed by atoms with van der Waals surface area (Å²) < 4.78 is 0. The van der Waals surface area contributed by atoms with E-state index in [4.69, 9.17) is 0 Å². The van der Waals surface area contributed by atoms with E-state index in [2.05, 4.69) is 36.2 Å². The molecule has 1 atom stereocenters. The summed E-state index contributed by atoms with van der Waals surface area (Å²) >= 11 is 0. The van der Waals surface area contributed by atoms with E-state index in [0.717, 1.165) is 19.6 Å². The Hall–Kier alpha value is -1.59. The zero-order valence-corrected chi connectivity index (χ0v) is 12.8. The van der Waals surface area contributed by atoms with Crippen molar-refractivity contribution in [2.24, 2.45) is 0 Å². The molecular weight excluding hydrogens is 266 g/mol. The highest BCUT2D eigenvalue weighted by Crippen LogP contribution is 2.13. The highest BCUT2D eigenvalue weighted by molar-refractivity contribution is 5.65. The number of carboxylic acid groups (broad SMARTS) is 1. The fraction of sp³-hybridized carbons (Fsp3) is 0.562. The van der Waals surface area contributed by atoms with Crippen LogP contribution in [0.3, 0.4) is 0 Å². The summed E-state index contributed by atoms with van der Waals surface area (Å²) in [6.45, 7) is 7.89. The molecule has 0 bridgehead atoms. The van der Waals surface area contributed by atoms with Crippen molar-refractivity contribution in [1.82, 2.24) is 15.1 Å². The minimum Gasteiger partial charge on any atom is -0.465 e. The molecule has 0 aliphatic carbocycles. The van der Waals surface area contributed by atoms with Crippen LogP contribution in [0.2, 0.25) is 0 Å². The summed E-state index contributed by atoms with van der Waals surface area (Å²) in [6.07, 6.45) is -0.815. The molecule has 1 saturated heterocycles. The molecule has 2 N–H and O–H groups in total. The summed E-state index contributed by atoms with van der Waals surface area (Å²) in [5.41, 5.74) is 1.27. The molecule has 1 aliphatic heterocycles. The van der Waals surface area contributed by atoms with Crippen molar-refractivity contribution in [3.63, 3.8) is 0 Å². The molecule has 0 saturated carbocycles. The molecule has 1 amide bonds. The zero-order valence-electron chi connectivity index (χ0n) is 12.8. The van der Waals surface area contributed by atoms with Gasteiger partial charge in [-0.1, -0.05) is 44.2 Å². The lowest BCUT2D eigenvalue weighted by molar-refractivity contribution is 0.0635. The Morgan fingerprint density at radius 3 is 2.67 bits per heavy atom. The molecule has 116 valence electrons. The predicted octanol–water partition coefficient (Wildman–Crippen LogP) is 1.85. The van der Waals surface area contributed by atoms with Crippen molar-refractivity contribution in [1.29, 1.82) is 0 Å². The minimum atomic E-state index is -0.815. The highest BCUT2D eigenvalue weighted by atomic mass is 16.4. The van der Waals surface area contributed by atoms with Crippen molar-refractivity contribution >= 4 is 6.09 Å². The summed E-state index contributed by atoms with van der Waals surface area (Å²) in [4.78, 5) is 15.3. The van der Waals surface area contributed by atoms with Crippen molar-refractivity contribution in [2.45, 2.75) is 32.5 Å². The molecule has 0 unspecified atom stereocenters. The van der Waals surface area contributed by atoms with Gasteiger partial charge in [-0.2, -0.15) is 0 Å². The second-order valence-electron chi connectivity index (χ2n) is 5.91. The number of rotatable bonds is 5. The van der Waals surface area contributed by atoms with Crippen LogP contribution in [0.1, 0.15) is 19.4 Å². The van der Waals surface area contributed by atoms with Crippen LogP contribution in [0, 0.1) is 0 Å². The molecule has 5 nitrogen and oxygen atoms in total. The van der Waals surface area contributed by atoms with Gasteiger partial charge in [-0.15, -0.1) is 0 Å². The zero-order chi connectivity index (χ0) is 15.2. The molecule has 1 aromatic carbocycles. The number of piperazine rings is 1. The third-order valence-electron chi connectivity index (χ3n) is 3.82. The standard InChI is InChI=1S/C16H25N3O2/c1-13(2)17-10-15-12-18(8-9-19(15)16(20)21)11-14-6-4-3-5-7-14/h3-7,13,15,17H,8-12H2,1-2H3,(H,20,21)/t15-/m1/s1. The van der Waals surface area contributed by atoms with Crippen LogP contribution in [0.4, 0.5) is 4.79 Å². The third kappa shape index (κ3) is 4.72. The van der Waals surface area contributed by atoms with Crippen molar-refractivity contribution in [3.8, 4) is 0 Å². The van der Waals surface area contributed by atoms with Crippen molar-refractivity contribution in [2.75, 3.05) is 26.2 Å². The van der Waals surface area contributed by atoms with Crippen LogP contribution in [-0.4, -0.2) is 59.3 Å². The average Bonchev–Trinajstić information content (AvgIpc) is 2.46. The van der Waals surface area contributed by atoms with Crippen LogP contribution >= 0.6 is 0 Å². The maximum atomic E-state index is 11.4. The number of carbonyl (C=O) groups is 1. The maximum absolute atomic E-state index is 11.4. The molecule has 1 fully saturated rings. The molecule has 5 heteroatoms. The van der Waals surface area contributed by atoms with E-state index in [1.807, 2.05) is 18.2 Å². The Balaban J connectivity index is 1.96. The summed E-state index contributed by atoms with van der Waals surface area (Å²) in [7, 11) is 0. The van der Waals surface area contributed by atoms with E-state index in [9.17, 15) is 9.90 Å². The fourth-order valence-electron chi connectivity index (χ4n) is 2.70. The molecule has 1 aromatic rings. The number of amides is 1. The topological polar surface area (TPSA) is 55.8 Å². The molecule has 0 spiro atoms. The van der Waals surface area contributed by atoms with Gasteiger partial charge in [0, 0.05) is 38.8 Å². The van der Waals surface area contributed by atoms with Gasteiger partial charge in [0.1, 0.15) is 0 Å². The van der Waals surface area contributed by atoms with Gasteiger partial charge in [0.05, 0.1) is 6.04 Å². The van der Waals surface area contributed by atoms with Crippen LogP contribution < -0.4 is 5.32 Å². The van der Waals surface area contributed by atoms with Gasteiger partial charge >= 0.3 is 6.09 Å². The number of nitrogens with one attached hydrogen (secondary N) is 1. The first kappa shape index (κ1) is 15.8. The quantitative estimate of drug-likeness (QED) is 0.869. The number of benzene rings is 1. The largest absolute Gasteiger partial charge is 0.465 e. The van der Waals surface area contributed by atoms with E-state index in [0.29, 0.717) is 19.1 Å². The predicted molar refractivity (Wildman–Crippen MR) is 83.4 cm³/mol. The van der Waals surface area contributed by atoms with Crippen LogP contribution in [0.25, 0.3) is 0 Å². The first-order chi connectivity index (χ1) is 10.1. The first-order valence-electron chi connectivity index (χ1n) is 7.55. The van der Waals surface area contributed by atoms with Gasteiger partial charge in [0.15, 0.2) is 0 Å². The molecular formula is C16H25N3O2. The monoisotopic (exact) mass is 291 g/mol. The molecule has 2 rings (SSSR count). The Kier molecular flexibility index (Phi) is 5.59. The molecule has 21 heavy (non-hydrogen) atoms. The third-order valence-corrected chi connectivity index (χ3v) is 3.82. The van der Waals surface area contributed by atoms with Crippen molar-refractivity contribution < 1.29 is 9.90 Å². The molecule has 0 radical (unpaired) electrons. The highest BCUT2D eigenvalue weighted by Gasteiger charge is 2.30. The van der Waals surface area contributed by atoms with Gasteiger partial charge in [-0.05, 0) is 5.56 Å². The first-order valence-corrected chi connectivity index (χ1v) is 7.55. The van der Waals surface area contributed by atoms with Gasteiger partial charge in [-0.25, -0.2) is 4.79 Å². The second kappa shape index (κ2) is 7.43. The molecule has 0 aromatic heterocycles. The lowest BCUT2D eigenvalue weighted by atomic mass is 10.1. The van der Waals surface area contributed by atoms with Crippen LogP contribution in [0.15, 0.2) is 30.3 Å². The van der Waals surface area contributed by atoms with Gasteiger partial charge < -0.3 is 15.3 Å². The summed E-state index contributed by atoms with van der Waals surface area (Å²) in [5.74, 6) is 0. The lowest BCUT2D eigenvalue weighted by Gasteiger charge is -2.40. The van der Waals surface area contributed by atoms with Crippen LogP contribution in [0.5, 0.6) is 0 Å². The van der Waals surface area contributed by atoms with Gasteiger partial charge in [0.25, 0.3) is 0 Å². The van der Waals surface area contributed by atoms with Gasteiger partial charge in [0.2, 0.25) is 0 Å². The molecule has 1 heterocycles. The minimum absolute atomic E-state index is 0.0161. The van der Waals surface area contributed by atoms with E-state index in [1.54, 1.807) is 4.90 Å². The number of nitrogens with zero attached hydrogens (tertiary/aromatic N) is 2. The number of hydrogen-bond donors (Lipinski definition) is 2. The van der Waals surface area contributed by atoms with E-state index >= 15 is 0 Å². The van der Waals surface area contributed by atoms with Crippen molar-refractivity contribution in [3.05, 3.63) is 35.9 Å². The Labute approximate surface area is 126 Å².